The molecule has 1 aromatic carbocycles. The third-order valence-corrected chi connectivity index (χ3v) is 2.48. The minimum absolute atomic E-state index is 0. The number of ether oxygens (including phenoxy) is 1. The first-order chi connectivity index (χ1) is 8.97. The Kier molecular flexibility index (Phi) is 9.43. The van der Waals surface area contributed by atoms with E-state index in [-0.39, 0.29) is 47.8 Å². The van der Waals surface area contributed by atoms with Crippen LogP contribution in [0.1, 0.15) is 6.92 Å². The predicted octanol–water partition coefficient (Wildman–Crippen LogP) is 0.574. The van der Waals surface area contributed by atoms with E-state index in [9.17, 15) is 13.8 Å². The molecule has 20 heavy (non-hydrogen) atoms. The van der Waals surface area contributed by atoms with Crippen LogP contribution in [0.2, 0.25) is 0 Å². The summed E-state index contributed by atoms with van der Waals surface area (Å²) in [6, 6.07) is 6.23. The van der Waals surface area contributed by atoms with Gasteiger partial charge >= 0.3 is 6.09 Å². The van der Waals surface area contributed by atoms with Crippen LogP contribution >= 0.6 is 0 Å². The number of anilines is 1. The van der Waals surface area contributed by atoms with E-state index in [0.29, 0.717) is 11.4 Å². The minimum atomic E-state index is -1.95. The monoisotopic (exact) mass is 309 g/mol. The predicted molar refractivity (Wildman–Crippen MR) is 76.2 cm³/mol. The maximum absolute atomic E-state index is 11.3. The summed E-state index contributed by atoms with van der Waals surface area (Å²) < 4.78 is 23.8. The zero-order valence-electron chi connectivity index (χ0n) is 11.2. The number of carbonyl (C=O) groups is 2. The van der Waals surface area contributed by atoms with E-state index in [1.54, 1.807) is 12.1 Å². The molecule has 0 aliphatic rings. The molecule has 0 aromatic heterocycles. The fourth-order valence-electron chi connectivity index (χ4n) is 1.19. The van der Waals surface area contributed by atoms with Crippen LogP contribution in [0.25, 0.3) is 0 Å². The molecule has 0 bridgehead atoms. The first-order valence-electron chi connectivity index (χ1n) is 5.38. The maximum atomic E-state index is 11.3. The van der Waals surface area contributed by atoms with Gasteiger partial charge in [0.2, 0.25) is 5.91 Å². The van der Waals surface area contributed by atoms with E-state index >= 15 is 0 Å². The summed E-state index contributed by atoms with van der Waals surface area (Å²) in [6.45, 7) is 1.44. The Labute approximate surface area is 141 Å². The summed E-state index contributed by atoms with van der Waals surface area (Å²) in [7, 11) is 0. The van der Waals surface area contributed by atoms with Gasteiger partial charge in [-0.15, -0.1) is 0 Å². The zero-order valence-corrected chi connectivity index (χ0v) is 14.0. The Morgan fingerprint density at radius 1 is 1.30 bits per heavy atom. The molecule has 0 saturated heterocycles. The molecule has 105 valence electrons. The third kappa shape index (κ3) is 8.28. The van der Waals surface area contributed by atoms with Gasteiger partial charge in [-0.2, -0.15) is 0 Å². The van der Waals surface area contributed by atoms with Gasteiger partial charge in [0.05, 0.1) is 5.75 Å². The Morgan fingerprint density at radius 3 is 2.40 bits per heavy atom. The second kappa shape index (κ2) is 9.89. The van der Waals surface area contributed by atoms with Gasteiger partial charge in [-0.05, 0) is 24.3 Å². The second-order valence-corrected chi connectivity index (χ2v) is 4.60. The first kappa shape index (κ1) is 19.1. The van der Waals surface area contributed by atoms with Gasteiger partial charge < -0.3 is 19.9 Å². The Balaban J connectivity index is 0.00000361. The fourth-order valence-corrected chi connectivity index (χ4v) is 1.47. The van der Waals surface area contributed by atoms with Gasteiger partial charge in [0.1, 0.15) is 5.75 Å². The van der Waals surface area contributed by atoms with Crippen molar-refractivity contribution in [2.75, 3.05) is 17.6 Å². The first-order valence-corrected chi connectivity index (χ1v) is 6.66. The number of hydrogen-bond acceptors (Lipinski definition) is 4. The Morgan fingerprint density at radius 2 is 1.90 bits per heavy atom. The smallest absolute Gasteiger partial charge is 0.410 e. The molecule has 9 heteroatoms. The van der Waals surface area contributed by atoms with Crippen LogP contribution in [0.15, 0.2) is 24.3 Å². The topological polar surface area (TPSA) is 105 Å². The maximum Gasteiger partial charge on any atom is 0.412 e. The van der Waals surface area contributed by atoms with Crippen LogP contribution in [-0.4, -0.2) is 62.6 Å². The van der Waals surface area contributed by atoms with Crippen molar-refractivity contribution in [2.45, 2.75) is 6.92 Å². The number of amides is 2. The van der Waals surface area contributed by atoms with Crippen molar-refractivity contribution in [1.29, 1.82) is 0 Å². The third-order valence-electron chi connectivity index (χ3n) is 1.93. The van der Waals surface area contributed by atoms with Crippen LogP contribution < -0.4 is 15.4 Å². The van der Waals surface area contributed by atoms with Crippen molar-refractivity contribution in [3.8, 4) is 5.75 Å². The minimum Gasteiger partial charge on any atom is -0.410 e. The number of benzene rings is 1. The molecule has 1 aromatic rings. The van der Waals surface area contributed by atoms with Gasteiger partial charge in [-0.25, -0.2) is 9.00 Å². The average molecular weight is 309 g/mol. The number of carbonyl (C=O) groups excluding carboxylic acids is 2. The molecule has 3 N–H and O–H groups in total. The van der Waals surface area contributed by atoms with E-state index in [0.717, 1.165) is 0 Å². The van der Waals surface area contributed by atoms with Crippen molar-refractivity contribution in [1.82, 2.24) is 5.32 Å². The van der Waals surface area contributed by atoms with Crippen LogP contribution in [0, 0.1) is 0 Å². The van der Waals surface area contributed by atoms with E-state index in [2.05, 4.69) is 10.6 Å². The van der Waals surface area contributed by atoms with Gasteiger partial charge in [-0.1, -0.05) is 0 Å². The fraction of sp³-hybridized carbons (Fsp3) is 0.273. The Bertz CT molecular complexity index is 480. The SMILES string of the molecule is CC(=O)Nc1ccc(OC(=O)NCCS(=O)O)cc1.[Na]. The van der Waals surface area contributed by atoms with E-state index in [4.69, 9.17) is 9.29 Å². The average Bonchev–Trinajstić information content (AvgIpc) is 2.30. The van der Waals surface area contributed by atoms with Crippen LogP contribution in [0.3, 0.4) is 0 Å². The summed E-state index contributed by atoms with van der Waals surface area (Å²) in [5.74, 6) is 0.0523. The molecule has 0 spiro atoms. The molecule has 1 rings (SSSR count). The molecule has 0 aliphatic carbocycles. The molecule has 0 saturated carbocycles. The molecule has 0 aliphatic heterocycles. The summed E-state index contributed by atoms with van der Waals surface area (Å²) >= 11 is -1.95. The van der Waals surface area contributed by atoms with Crippen molar-refractivity contribution >= 4 is 58.3 Å². The van der Waals surface area contributed by atoms with Crippen molar-refractivity contribution < 1.29 is 23.1 Å². The van der Waals surface area contributed by atoms with Crippen molar-refractivity contribution in [3.63, 3.8) is 0 Å². The molecule has 0 fully saturated rings. The molecular weight excluding hydrogens is 295 g/mol. The molecule has 0 heterocycles. The number of rotatable bonds is 5. The zero-order chi connectivity index (χ0) is 14.3. The van der Waals surface area contributed by atoms with Crippen LogP contribution in [0.5, 0.6) is 5.75 Å². The summed E-state index contributed by atoms with van der Waals surface area (Å²) in [5.41, 5.74) is 0.593. The van der Waals surface area contributed by atoms with Crippen LogP contribution in [-0.2, 0) is 15.9 Å². The van der Waals surface area contributed by atoms with Gasteiger partial charge in [-0.3, -0.25) is 4.79 Å². The Hall–Kier alpha value is -0.930. The molecule has 1 unspecified atom stereocenters. The van der Waals surface area contributed by atoms with E-state index in [1.807, 2.05) is 0 Å². The molecular formula is C11H14N2NaO5S. The number of hydrogen-bond donors (Lipinski definition) is 3. The van der Waals surface area contributed by atoms with E-state index < -0.39 is 17.2 Å². The quantitative estimate of drug-likeness (QED) is 0.545. The van der Waals surface area contributed by atoms with Crippen LogP contribution in [0.4, 0.5) is 10.5 Å². The van der Waals surface area contributed by atoms with Gasteiger partial charge in [0, 0.05) is 48.7 Å². The van der Waals surface area contributed by atoms with Gasteiger partial charge in [0.25, 0.3) is 0 Å². The summed E-state index contributed by atoms with van der Waals surface area (Å²) in [6.07, 6.45) is -0.710. The largest absolute Gasteiger partial charge is 0.412 e. The summed E-state index contributed by atoms with van der Waals surface area (Å²) in [4.78, 5) is 22.1. The molecule has 1 atom stereocenters. The molecule has 1 radical (unpaired) electrons. The normalized spacial score (nSPS) is 10.9. The standard InChI is InChI=1S/C11H14N2O5S.Na/c1-8(14)13-9-2-4-10(5-3-9)18-11(15)12-6-7-19(16)17;/h2-5H,6-7H2,1H3,(H,12,15)(H,13,14)(H,16,17);. The van der Waals surface area contributed by atoms with Gasteiger partial charge in [0.15, 0.2) is 11.1 Å². The van der Waals surface area contributed by atoms with Crippen molar-refractivity contribution in [3.05, 3.63) is 24.3 Å². The second-order valence-electron chi connectivity index (χ2n) is 3.55. The number of nitrogens with one attached hydrogen (secondary N) is 2. The van der Waals surface area contributed by atoms with E-state index in [1.165, 1.54) is 19.1 Å². The molecule has 7 nitrogen and oxygen atoms in total. The molecule has 2 amide bonds. The summed E-state index contributed by atoms with van der Waals surface area (Å²) in [5, 5.41) is 4.90. The van der Waals surface area contributed by atoms with Crippen molar-refractivity contribution in [2.24, 2.45) is 0 Å².